The van der Waals surface area contributed by atoms with E-state index in [1.54, 1.807) is 83.3 Å². The molecule has 546 valence electrons. The number of ether oxygens (including phenoxy) is 1. The Hall–Kier alpha value is -16.5. The van der Waals surface area contributed by atoms with Gasteiger partial charge in [0.1, 0.15) is 17.8 Å². The molecule has 22 nitrogen and oxygen atoms in total. The average molecular weight is 1490 g/mol. The lowest BCUT2D eigenvalue weighted by molar-refractivity contribution is 0.101. The van der Waals surface area contributed by atoms with Crippen LogP contribution in [0.2, 0.25) is 0 Å². The van der Waals surface area contributed by atoms with E-state index in [1.807, 2.05) is 192 Å². The van der Waals surface area contributed by atoms with Crippen LogP contribution < -0.4 is 37.1 Å². The smallest absolute Gasteiger partial charge is 0.267 e. The number of carbonyl (C=O) groups excluding carboxylic acids is 2. The van der Waals surface area contributed by atoms with Crippen LogP contribution in [0.1, 0.15) is 20.7 Å². The second-order valence-corrected chi connectivity index (χ2v) is 27.3. The van der Waals surface area contributed by atoms with Gasteiger partial charge in [0, 0.05) is 66.9 Å². The van der Waals surface area contributed by atoms with Gasteiger partial charge in [-0.1, -0.05) is 158 Å². The van der Waals surface area contributed by atoms with Crippen LogP contribution >= 0.6 is 0 Å². The maximum atomic E-state index is 13.3. The van der Waals surface area contributed by atoms with Crippen LogP contribution in [0, 0.1) is 0 Å². The van der Waals surface area contributed by atoms with Crippen molar-refractivity contribution < 1.29 is 14.3 Å². The Balaban J connectivity index is 0.000000122. The molecule has 6 N–H and O–H groups in total. The Bertz CT molecular complexity index is 7320. The Labute approximate surface area is 651 Å². The third kappa shape index (κ3) is 12.8. The lowest BCUT2D eigenvalue weighted by Gasteiger charge is -2.10. The normalized spacial score (nSPS) is 11.4. The van der Waals surface area contributed by atoms with Crippen LogP contribution in [0.15, 0.2) is 331 Å². The zero-order valence-corrected chi connectivity index (χ0v) is 60.6. The van der Waals surface area contributed by atoms with Gasteiger partial charge in [-0.25, -0.2) is 44.3 Å². The van der Waals surface area contributed by atoms with E-state index in [2.05, 4.69) is 105 Å². The zero-order chi connectivity index (χ0) is 77.0. The Morgan fingerprint density at radius 2 is 0.765 bits per heavy atom. The SMILES string of the molecule is O=C(Nc1ccc(Oc2ccc(NC(=O)c3ccc4nc5c(nc4c3)-c3cccc4cccc-5c34)cc2)cc1)c1ccc2nc3c(nc2c1)-c1cccc2cccc-3c12.O=c1[nH]c2nc3ccccc3n2c2ccccc12.O=c1c2ccccc2nc2[nH]c3ccccc3n12.c1ccc(Nc2ncnc(Nc3ccccc3)n2)cc1. The van der Waals surface area contributed by atoms with Crippen molar-refractivity contribution >= 4 is 146 Å². The van der Waals surface area contributed by atoms with Crippen LogP contribution in [0.3, 0.4) is 0 Å². The number of carbonyl (C=O) groups is 2. The van der Waals surface area contributed by atoms with E-state index in [9.17, 15) is 19.2 Å². The van der Waals surface area contributed by atoms with Gasteiger partial charge in [0.25, 0.3) is 22.9 Å². The summed E-state index contributed by atoms with van der Waals surface area (Å²) in [7, 11) is 0. The average Bonchev–Trinajstić information content (AvgIpc) is 1.59. The number of anilines is 6. The van der Waals surface area contributed by atoms with Crippen molar-refractivity contribution in [3.05, 3.63) is 354 Å². The number of aromatic amines is 2. The molecule has 2 amide bonds. The summed E-state index contributed by atoms with van der Waals surface area (Å²) in [5.74, 6) is 2.85. The molecule has 115 heavy (non-hydrogen) atoms. The predicted octanol–water partition coefficient (Wildman–Crippen LogP) is 19.5. The number of nitrogens with one attached hydrogen (secondary N) is 6. The first-order valence-electron chi connectivity index (χ1n) is 36.9. The van der Waals surface area contributed by atoms with Crippen molar-refractivity contribution in [1.29, 1.82) is 0 Å². The molecule has 0 atom stereocenters. The molecule has 0 saturated heterocycles. The first-order valence-corrected chi connectivity index (χ1v) is 36.9. The highest BCUT2D eigenvalue weighted by molar-refractivity contribution is 6.16. The molecule has 21 aromatic rings. The molecule has 14 aromatic carbocycles. The number of hydrogen-bond acceptors (Lipinski definition) is 16. The number of amides is 2. The van der Waals surface area contributed by atoms with Gasteiger partial charge in [0.05, 0.1) is 88.7 Å². The highest BCUT2D eigenvalue weighted by Crippen LogP contribution is 2.47. The monoisotopic (exact) mass is 1490 g/mol. The highest BCUT2D eigenvalue weighted by Gasteiger charge is 2.27. The molecule has 0 fully saturated rings. The topological polar surface area (TPSA) is 282 Å². The molecule has 0 aliphatic heterocycles. The number of benzene rings is 14. The van der Waals surface area contributed by atoms with Crippen molar-refractivity contribution in [3.8, 4) is 56.5 Å². The summed E-state index contributed by atoms with van der Waals surface area (Å²) in [6.45, 7) is 0. The van der Waals surface area contributed by atoms with Crippen LogP contribution in [0.4, 0.5) is 34.6 Å². The quantitative estimate of drug-likeness (QED) is 0.0742. The highest BCUT2D eigenvalue weighted by atomic mass is 16.5. The Morgan fingerprint density at radius 1 is 0.330 bits per heavy atom. The summed E-state index contributed by atoms with van der Waals surface area (Å²) < 4.78 is 9.67. The molecule has 7 heterocycles. The lowest BCUT2D eigenvalue weighted by atomic mass is 10.0. The third-order valence-corrected chi connectivity index (χ3v) is 20.1. The second-order valence-electron chi connectivity index (χ2n) is 27.3. The number of fused-ring (bicyclic) bond motifs is 17. The zero-order valence-electron chi connectivity index (χ0n) is 60.6. The van der Waals surface area contributed by atoms with Gasteiger partial charge in [-0.05, 0) is 168 Å². The van der Waals surface area contributed by atoms with Crippen LogP contribution in [-0.4, -0.2) is 75.4 Å². The molecule has 2 aliphatic rings. The minimum atomic E-state index is -0.255. The summed E-state index contributed by atoms with van der Waals surface area (Å²) in [6.07, 6.45) is 1.48. The van der Waals surface area contributed by atoms with Gasteiger partial charge in [-0.15, -0.1) is 0 Å². The van der Waals surface area contributed by atoms with E-state index in [0.29, 0.717) is 84.8 Å². The van der Waals surface area contributed by atoms with Gasteiger partial charge >= 0.3 is 0 Å². The minimum absolute atomic E-state index is 0.0342. The lowest BCUT2D eigenvalue weighted by Crippen LogP contribution is -2.13. The Morgan fingerprint density at radius 3 is 1.30 bits per heavy atom. The van der Waals surface area contributed by atoms with Gasteiger partial charge < -0.3 is 31.0 Å². The van der Waals surface area contributed by atoms with Crippen LogP contribution in [-0.2, 0) is 0 Å². The number of rotatable bonds is 10. The van der Waals surface area contributed by atoms with Gasteiger partial charge in [0.2, 0.25) is 23.5 Å². The summed E-state index contributed by atoms with van der Waals surface area (Å²) in [5.41, 5.74) is 19.7. The molecule has 2 aliphatic carbocycles. The van der Waals surface area contributed by atoms with Crippen molar-refractivity contribution in [2.75, 3.05) is 21.3 Å². The molecule has 0 spiro atoms. The van der Waals surface area contributed by atoms with E-state index in [-0.39, 0.29) is 22.9 Å². The van der Waals surface area contributed by atoms with Crippen molar-refractivity contribution in [3.63, 3.8) is 0 Å². The fraction of sp³-hybridized carbons (Fsp3) is 0. The number of aromatic nitrogens is 13. The van der Waals surface area contributed by atoms with Crippen molar-refractivity contribution in [1.82, 2.24) is 63.6 Å². The third-order valence-electron chi connectivity index (χ3n) is 20.1. The van der Waals surface area contributed by atoms with Crippen molar-refractivity contribution in [2.24, 2.45) is 0 Å². The van der Waals surface area contributed by atoms with E-state index in [0.717, 1.165) is 117 Å². The fourth-order valence-electron chi connectivity index (χ4n) is 14.8. The largest absolute Gasteiger partial charge is 0.457 e. The number of nitrogens with zero attached hydrogens (tertiary/aromatic N) is 11. The van der Waals surface area contributed by atoms with Crippen LogP contribution in [0.5, 0.6) is 11.5 Å². The molecule has 0 bridgehead atoms. The maximum Gasteiger partial charge on any atom is 0.267 e. The summed E-state index contributed by atoms with van der Waals surface area (Å²) in [6, 6.07) is 100.0. The number of para-hydroxylation sites is 8. The van der Waals surface area contributed by atoms with E-state index in [1.165, 1.54) is 6.33 Å². The van der Waals surface area contributed by atoms with Gasteiger partial charge in [-0.3, -0.25) is 28.6 Å². The molecule has 7 aromatic heterocycles. The first-order chi connectivity index (χ1) is 56.6. The van der Waals surface area contributed by atoms with E-state index < -0.39 is 0 Å². The maximum absolute atomic E-state index is 13.3. The first kappa shape index (κ1) is 67.8. The molecule has 0 radical (unpaired) electrons. The number of hydrogen-bond donors (Lipinski definition) is 6. The predicted molar refractivity (Wildman–Crippen MR) is 453 cm³/mol. The minimum Gasteiger partial charge on any atom is -0.457 e. The summed E-state index contributed by atoms with van der Waals surface area (Å²) in [5, 5.41) is 18.1. The molecule has 0 saturated carbocycles. The number of H-pyrrole nitrogens is 2. The van der Waals surface area contributed by atoms with Crippen LogP contribution in [0.25, 0.3) is 144 Å². The molecule has 0 unspecified atom stereocenters. The number of imidazole rings is 2. The van der Waals surface area contributed by atoms with E-state index >= 15 is 0 Å². The standard InChI is InChI=1S/C50H28N6O3.C15H13N5.2C14H9N3O/c57-49(29-13-23-39-41(25-29)55-47-37-11-3-7-27-5-1-9-35(43(27)37)45(47)53-39)51-31-15-19-33(20-16-31)59-34-21-17-32(18-22-34)52-50(58)30-14-24-40-42(26-30)56-48-38-12-4-8-28-6-2-10-36(44(28)38)46(48)54-40;1-3-7-12(8-4-1)18-14-16-11-17-15(20-14)19-13-9-5-2-6-10-13;18-13-9-5-1-3-7-11(9)17-12-8-4-2-6-10(12)15-14(17)16-13;18-13-9-5-1-2-6-10(9)15-14-16-11-7-3-4-8-12(11)17(13)14/h1-26H,(H,51,57)(H,52,58);1-11H,(H2,16,17,18,19,20);1-8H,(H,15,16,18);1-8H,(H,15,16). The summed E-state index contributed by atoms with van der Waals surface area (Å²) >= 11 is 0. The molecule has 22 heteroatoms. The van der Waals surface area contributed by atoms with E-state index in [4.69, 9.17) is 24.7 Å². The van der Waals surface area contributed by atoms with Crippen molar-refractivity contribution in [2.45, 2.75) is 0 Å². The van der Waals surface area contributed by atoms with Gasteiger partial charge in [-0.2, -0.15) is 4.98 Å². The molecule has 23 rings (SSSR count). The summed E-state index contributed by atoms with van der Waals surface area (Å²) in [4.78, 5) is 98.4. The molecular formula is C93H59N17O5. The fourth-order valence-corrected chi connectivity index (χ4v) is 14.8. The second kappa shape index (κ2) is 28.5. The van der Waals surface area contributed by atoms with Gasteiger partial charge in [0.15, 0.2) is 0 Å². The molecular weight excluding hydrogens is 1440 g/mol. The Kier molecular flexibility index (Phi) is 16.8.